The predicted molar refractivity (Wildman–Crippen MR) is 78.7 cm³/mol. The van der Waals surface area contributed by atoms with Gasteiger partial charge in [-0.15, -0.1) is 0 Å². The van der Waals surface area contributed by atoms with Gasteiger partial charge in [-0.25, -0.2) is 0 Å². The van der Waals surface area contributed by atoms with Crippen molar-refractivity contribution in [1.82, 2.24) is 0 Å². The summed E-state index contributed by atoms with van der Waals surface area (Å²) in [6, 6.07) is 8.94. The summed E-state index contributed by atoms with van der Waals surface area (Å²) >= 11 is 3.84. The minimum atomic E-state index is 0.546. The molecule has 0 heterocycles. The lowest BCUT2D eigenvalue weighted by Gasteiger charge is -2.22. The highest BCUT2D eigenvalue weighted by molar-refractivity contribution is 9.09. The van der Waals surface area contributed by atoms with Crippen molar-refractivity contribution in [2.75, 3.05) is 0 Å². The Morgan fingerprint density at radius 1 is 1.12 bits per heavy atom. The van der Waals surface area contributed by atoms with Crippen molar-refractivity contribution < 1.29 is 0 Å². The lowest BCUT2D eigenvalue weighted by molar-refractivity contribution is 0.332. The summed E-state index contributed by atoms with van der Waals surface area (Å²) in [6.07, 6.45) is 10.00. The average Bonchev–Trinajstić information content (AvgIpc) is 2.38. The van der Waals surface area contributed by atoms with E-state index in [0.717, 1.165) is 5.92 Å². The summed E-state index contributed by atoms with van der Waals surface area (Å²) in [5, 5.41) is 0. The number of rotatable bonds is 4. The quantitative estimate of drug-likeness (QED) is 0.616. The topological polar surface area (TPSA) is 0 Å². The molecule has 1 fully saturated rings. The zero-order valence-corrected chi connectivity index (χ0v) is 12.4. The minimum Gasteiger partial charge on any atom is -0.0839 e. The molecule has 0 bridgehead atoms. The van der Waals surface area contributed by atoms with Crippen LogP contribution in [0.1, 0.15) is 60.9 Å². The van der Waals surface area contributed by atoms with Gasteiger partial charge in [0.15, 0.2) is 0 Å². The van der Waals surface area contributed by atoms with E-state index in [9.17, 15) is 0 Å². The smallest absolute Gasteiger partial charge is 0.0395 e. The van der Waals surface area contributed by atoms with Gasteiger partial charge in [-0.3, -0.25) is 0 Å². The van der Waals surface area contributed by atoms with Gasteiger partial charge in [-0.2, -0.15) is 0 Å². The number of halogens is 1. The molecule has 1 atom stereocenters. The molecule has 94 valence electrons. The van der Waals surface area contributed by atoms with E-state index in [1.54, 1.807) is 0 Å². The zero-order valence-electron chi connectivity index (χ0n) is 10.8. The number of hydrogen-bond donors (Lipinski definition) is 0. The average molecular weight is 295 g/mol. The molecule has 1 saturated carbocycles. The van der Waals surface area contributed by atoms with Crippen LogP contribution in [0.3, 0.4) is 0 Å². The van der Waals surface area contributed by atoms with E-state index < -0.39 is 0 Å². The first kappa shape index (κ1) is 13.1. The van der Waals surface area contributed by atoms with Crippen LogP contribution in [0.4, 0.5) is 0 Å². The summed E-state index contributed by atoms with van der Waals surface area (Å²) in [4.78, 5) is 0.546. The Bertz CT molecular complexity index is 322. The van der Waals surface area contributed by atoms with Gasteiger partial charge in [0.05, 0.1) is 0 Å². The molecule has 1 unspecified atom stereocenters. The van der Waals surface area contributed by atoms with Crippen LogP contribution < -0.4 is 0 Å². The van der Waals surface area contributed by atoms with E-state index in [1.807, 2.05) is 0 Å². The number of aryl methyl sites for hydroxylation is 1. The molecule has 0 saturated heterocycles. The third kappa shape index (κ3) is 4.13. The molecule has 1 aromatic rings. The van der Waals surface area contributed by atoms with Crippen LogP contribution in [-0.2, 0) is 0 Å². The van der Waals surface area contributed by atoms with Gasteiger partial charge < -0.3 is 0 Å². The van der Waals surface area contributed by atoms with Gasteiger partial charge in [0.2, 0.25) is 0 Å². The highest BCUT2D eigenvalue weighted by Gasteiger charge is 2.15. The van der Waals surface area contributed by atoms with Gasteiger partial charge in [0.1, 0.15) is 0 Å². The van der Waals surface area contributed by atoms with Crippen molar-refractivity contribution in [3.63, 3.8) is 0 Å². The number of benzene rings is 1. The first-order valence-electron chi connectivity index (χ1n) is 6.96. The molecule has 1 aromatic carbocycles. The molecular weight excluding hydrogens is 272 g/mol. The van der Waals surface area contributed by atoms with Gasteiger partial charge in [0.25, 0.3) is 0 Å². The fourth-order valence-electron chi connectivity index (χ4n) is 2.80. The summed E-state index contributed by atoms with van der Waals surface area (Å²) in [7, 11) is 0. The first-order chi connectivity index (χ1) is 8.25. The van der Waals surface area contributed by atoms with Crippen LogP contribution in [0.25, 0.3) is 0 Å². The lowest BCUT2D eigenvalue weighted by atomic mass is 9.85. The minimum absolute atomic E-state index is 0.546. The second-order valence-electron chi connectivity index (χ2n) is 5.46. The fourth-order valence-corrected chi connectivity index (χ4v) is 3.37. The standard InChI is InChI=1S/C16H23Br/c1-13-7-10-15(11-8-13)16(17)12-9-14-5-3-2-4-6-14/h7-8,10-11,14,16H,2-6,9,12H2,1H3. The zero-order chi connectivity index (χ0) is 12.1. The molecule has 0 N–H and O–H groups in total. The van der Waals surface area contributed by atoms with Crippen LogP contribution in [0.5, 0.6) is 0 Å². The third-order valence-electron chi connectivity index (χ3n) is 3.99. The van der Waals surface area contributed by atoms with Crippen LogP contribution in [0.2, 0.25) is 0 Å². The molecule has 2 rings (SSSR count). The van der Waals surface area contributed by atoms with Crippen LogP contribution >= 0.6 is 15.9 Å². The summed E-state index contributed by atoms with van der Waals surface area (Å²) < 4.78 is 0. The maximum absolute atomic E-state index is 3.84. The third-order valence-corrected chi connectivity index (χ3v) is 4.98. The van der Waals surface area contributed by atoms with Gasteiger partial charge in [-0.05, 0) is 31.2 Å². The first-order valence-corrected chi connectivity index (χ1v) is 7.88. The monoisotopic (exact) mass is 294 g/mol. The summed E-state index contributed by atoms with van der Waals surface area (Å²) in [5.74, 6) is 0.995. The molecule has 17 heavy (non-hydrogen) atoms. The maximum Gasteiger partial charge on any atom is 0.0395 e. The van der Waals surface area contributed by atoms with E-state index in [-0.39, 0.29) is 0 Å². The SMILES string of the molecule is Cc1ccc(C(Br)CCC2CCCCC2)cc1. The molecular formula is C16H23Br. The Labute approximate surface area is 114 Å². The van der Waals surface area contributed by atoms with Crippen molar-refractivity contribution in [3.05, 3.63) is 35.4 Å². The van der Waals surface area contributed by atoms with Crippen molar-refractivity contribution in [3.8, 4) is 0 Å². The summed E-state index contributed by atoms with van der Waals surface area (Å²) in [6.45, 7) is 2.15. The summed E-state index contributed by atoms with van der Waals surface area (Å²) in [5.41, 5.74) is 2.78. The highest BCUT2D eigenvalue weighted by Crippen LogP contribution is 2.33. The van der Waals surface area contributed by atoms with E-state index >= 15 is 0 Å². The van der Waals surface area contributed by atoms with E-state index in [4.69, 9.17) is 0 Å². The molecule has 0 spiro atoms. The van der Waals surface area contributed by atoms with E-state index in [0.29, 0.717) is 4.83 Å². The molecule has 0 radical (unpaired) electrons. The Kier molecular flexibility index (Phi) is 5.09. The van der Waals surface area contributed by atoms with Gasteiger partial charge in [-0.1, -0.05) is 77.9 Å². The Balaban J connectivity index is 1.80. The molecule has 1 aliphatic carbocycles. The highest BCUT2D eigenvalue weighted by atomic mass is 79.9. The second kappa shape index (κ2) is 6.58. The van der Waals surface area contributed by atoms with Crippen molar-refractivity contribution in [2.45, 2.75) is 56.7 Å². The number of hydrogen-bond acceptors (Lipinski definition) is 0. The molecule has 1 heteroatoms. The normalized spacial score (nSPS) is 19.2. The molecule has 0 aromatic heterocycles. The van der Waals surface area contributed by atoms with Gasteiger partial charge >= 0.3 is 0 Å². The molecule has 1 aliphatic rings. The van der Waals surface area contributed by atoms with Crippen LogP contribution in [0, 0.1) is 12.8 Å². The van der Waals surface area contributed by atoms with Crippen molar-refractivity contribution >= 4 is 15.9 Å². The Hall–Kier alpha value is -0.300. The number of alkyl halides is 1. The van der Waals surface area contributed by atoms with Crippen LogP contribution in [-0.4, -0.2) is 0 Å². The van der Waals surface area contributed by atoms with Crippen molar-refractivity contribution in [2.24, 2.45) is 5.92 Å². The van der Waals surface area contributed by atoms with Gasteiger partial charge in [0, 0.05) is 4.83 Å². The van der Waals surface area contributed by atoms with E-state index in [1.165, 1.54) is 56.1 Å². The molecule has 0 nitrogen and oxygen atoms in total. The van der Waals surface area contributed by atoms with Crippen molar-refractivity contribution in [1.29, 1.82) is 0 Å². The fraction of sp³-hybridized carbons (Fsp3) is 0.625. The van der Waals surface area contributed by atoms with E-state index in [2.05, 4.69) is 47.1 Å². The predicted octanol–water partition coefficient (Wildman–Crippen LogP) is 5.79. The molecule has 0 aliphatic heterocycles. The second-order valence-corrected chi connectivity index (χ2v) is 6.56. The van der Waals surface area contributed by atoms with Crippen LogP contribution in [0.15, 0.2) is 24.3 Å². The largest absolute Gasteiger partial charge is 0.0839 e. The maximum atomic E-state index is 3.84. The Morgan fingerprint density at radius 2 is 1.76 bits per heavy atom. The Morgan fingerprint density at radius 3 is 2.41 bits per heavy atom. The lowest BCUT2D eigenvalue weighted by Crippen LogP contribution is -2.07. The molecule has 0 amide bonds.